The van der Waals surface area contributed by atoms with Gasteiger partial charge >= 0.3 is 0 Å². The Morgan fingerprint density at radius 1 is 0.657 bits per heavy atom. The number of anilines is 2. The second-order valence-electron chi connectivity index (χ2n) is 18.9. The van der Waals surface area contributed by atoms with E-state index in [1.54, 1.807) is 35.6 Å². The number of fused-ring (bicyclic) bond motifs is 7. The van der Waals surface area contributed by atoms with Crippen LogP contribution < -0.4 is 20.1 Å². The van der Waals surface area contributed by atoms with Gasteiger partial charge in [0.1, 0.15) is 23.1 Å². The molecule has 356 valence electrons. The highest BCUT2D eigenvalue weighted by molar-refractivity contribution is 5.86. The SMILES string of the molecule is COc1ccc2c(c1)CC1=C2C[C@@H](Nc2nc(-c3cncc(F)c3)nc3c(C(C)C)cnn23)CC1.COc1ccc2c3c([nH]c2c1)CC[C@@H](Nc1nc(-c2cncc(F)c2)nc2c(C(C)C)cnn12)C3. The number of aryl methyl sites for hydroxylation is 1. The zero-order valence-electron chi connectivity index (χ0n) is 39.9. The van der Waals surface area contributed by atoms with Crippen LogP contribution in [-0.2, 0) is 19.3 Å². The largest absolute Gasteiger partial charge is 0.497 e. The number of ether oxygens (including phenoxy) is 2. The predicted octanol–water partition coefficient (Wildman–Crippen LogP) is 10.3. The summed E-state index contributed by atoms with van der Waals surface area (Å²) in [5.41, 5.74) is 13.8. The number of benzene rings is 2. The number of aromatic nitrogens is 11. The van der Waals surface area contributed by atoms with E-state index in [2.05, 4.69) is 81.7 Å². The summed E-state index contributed by atoms with van der Waals surface area (Å²) in [6.07, 6.45) is 15.9. The first kappa shape index (κ1) is 44.7. The van der Waals surface area contributed by atoms with E-state index in [-0.39, 0.29) is 23.9 Å². The summed E-state index contributed by atoms with van der Waals surface area (Å²) in [5.74, 6) is 3.44. The predicted molar refractivity (Wildman–Crippen MR) is 265 cm³/mol. The normalized spacial score (nSPS) is 16.4. The Bertz CT molecular complexity index is 3490. The third-order valence-corrected chi connectivity index (χ3v) is 13.7. The van der Waals surface area contributed by atoms with E-state index in [1.807, 2.05) is 30.6 Å². The number of pyridine rings is 2. The minimum atomic E-state index is -0.422. The second kappa shape index (κ2) is 18.3. The van der Waals surface area contributed by atoms with Gasteiger partial charge in [0, 0.05) is 69.4 Å². The Balaban J connectivity index is 0.000000152. The van der Waals surface area contributed by atoms with Gasteiger partial charge in [-0.15, -0.1) is 0 Å². The number of hydrogen-bond donors (Lipinski definition) is 3. The molecule has 0 bridgehead atoms. The quantitative estimate of drug-likeness (QED) is 0.119. The molecule has 0 unspecified atom stereocenters. The van der Waals surface area contributed by atoms with Gasteiger partial charge in [0.05, 0.1) is 39.0 Å². The van der Waals surface area contributed by atoms with Crippen LogP contribution in [0.1, 0.15) is 98.7 Å². The zero-order chi connectivity index (χ0) is 48.2. The number of halogens is 2. The van der Waals surface area contributed by atoms with Gasteiger partial charge < -0.3 is 25.1 Å². The van der Waals surface area contributed by atoms with Crippen molar-refractivity contribution in [3.8, 4) is 34.3 Å². The average Bonchev–Trinajstić information content (AvgIpc) is 4.17. The lowest BCUT2D eigenvalue weighted by Gasteiger charge is -2.26. The van der Waals surface area contributed by atoms with Gasteiger partial charge in [0.25, 0.3) is 0 Å². The molecule has 0 aliphatic heterocycles. The highest BCUT2D eigenvalue weighted by Gasteiger charge is 2.30. The summed E-state index contributed by atoms with van der Waals surface area (Å²) in [4.78, 5) is 30.5. The first-order valence-electron chi connectivity index (χ1n) is 23.8. The molecule has 3 aliphatic carbocycles. The standard InChI is InChI=1S/C27H27FN6O.C26H26FN7O/c1-15(2)24-14-30-34-26(24)32-25(18-9-19(28)13-29-12-18)33-27(34)31-20-5-4-16-8-17-10-21(35-3)6-7-22(17)23(16)11-20;1-14(2)21-13-29-34-25(21)32-24(15-8-16(27)12-28-11-15)33-26(34)30-17-4-7-22-20(9-17)19-6-5-18(35-3)10-23(19)31-22/h6-7,9-10,12-15,20H,4-5,8,11H2,1-3H3,(H,31,32,33);5-6,8,10-14,17,31H,4,7,9H2,1-3H3,(H,30,32,33)/t20-;17-/m01/s1. The fourth-order valence-electron chi connectivity index (χ4n) is 10.1. The number of allylic oxidation sites excluding steroid dienone is 1. The molecule has 15 nitrogen and oxygen atoms in total. The molecule has 0 amide bonds. The Kier molecular flexibility index (Phi) is 11.6. The van der Waals surface area contributed by atoms with Crippen molar-refractivity contribution in [3.05, 3.63) is 136 Å². The van der Waals surface area contributed by atoms with Gasteiger partial charge in [-0.2, -0.15) is 29.2 Å². The minimum absolute atomic E-state index is 0.159. The topological polar surface area (TPSA) is 170 Å². The van der Waals surface area contributed by atoms with E-state index >= 15 is 0 Å². The molecule has 0 saturated heterocycles. The van der Waals surface area contributed by atoms with Crippen LogP contribution in [0.4, 0.5) is 20.7 Å². The van der Waals surface area contributed by atoms with Crippen LogP contribution in [0, 0.1) is 11.6 Å². The van der Waals surface area contributed by atoms with Crippen LogP contribution in [-0.4, -0.2) is 80.4 Å². The maximum absolute atomic E-state index is 13.9. The van der Waals surface area contributed by atoms with E-state index in [0.717, 1.165) is 78.7 Å². The van der Waals surface area contributed by atoms with Crippen molar-refractivity contribution in [2.45, 2.75) is 96.6 Å². The van der Waals surface area contributed by atoms with Gasteiger partial charge in [-0.25, -0.2) is 18.7 Å². The average molecular weight is 942 g/mol. The van der Waals surface area contributed by atoms with Crippen molar-refractivity contribution >= 4 is 39.7 Å². The second-order valence-corrected chi connectivity index (χ2v) is 18.9. The molecule has 9 aromatic rings. The summed E-state index contributed by atoms with van der Waals surface area (Å²) in [5, 5.41) is 17.6. The van der Waals surface area contributed by atoms with Crippen LogP contribution in [0.25, 0.3) is 50.5 Å². The molecular formula is C53H53F2N13O2. The first-order chi connectivity index (χ1) is 34.0. The number of hydrogen-bond acceptors (Lipinski definition) is 12. The molecule has 7 aromatic heterocycles. The number of aromatic amines is 1. The van der Waals surface area contributed by atoms with E-state index in [1.165, 1.54) is 63.4 Å². The summed E-state index contributed by atoms with van der Waals surface area (Å²) >= 11 is 0. The molecule has 0 saturated carbocycles. The van der Waals surface area contributed by atoms with Crippen molar-refractivity contribution in [1.82, 2.24) is 54.1 Å². The highest BCUT2D eigenvalue weighted by atomic mass is 19.1. The molecule has 2 aromatic carbocycles. The summed E-state index contributed by atoms with van der Waals surface area (Å²) in [6, 6.07) is 15.7. The fourth-order valence-corrected chi connectivity index (χ4v) is 10.1. The Morgan fingerprint density at radius 2 is 1.23 bits per heavy atom. The highest BCUT2D eigenvalue weighted by Crippen LogP contribution is 2.43. The minimum Gasteiger partial charge on any atom is -0.497 e. The number of methoxy groups -OCH3 is 2. The van der Waals surface area contributed by atoms with E-state index in [9.17, 15) is 8.78 Å². The van der Waals surface area contributed by atoms with Gasteiger partial charge in [-0.1, -0.05) is 39.3 Å². The molecule has 7 heterocycles. The van der Waals surface area contributed by atoms with Gasteiger partial charge in [0.2, 0.25) is 11.9 Å². The molecule has 3 N–H and O–H groups in total. The van der Waals surface area contributed by atoms with E-state index in [4.69, 9.17) is 29.4 Å². The third kappa shape index (κ3) is 8.42. The van der Waals surface area contributed by atoms with E-state index < -0.39 is 11.6 Å². The zero-order valence-corrected chi connectivity index (χ0v) is 39.9. The Hall–Kier alpha value is -7.82. The lowest BCUT2D eigenvalue weighted by atomic mass is 9.88. The van der Waals surface area contributed by atoms with Crippen LogP contribution in [0.2, 0.25) is 0 Å². The maximum atomic E-state index is 13.9. The van der Waals surface area contributed by atoms with Crippen molar-refractivity contribution in [2.75, 3.05) is 24.9 Å². The molecular weight excluding hydrogens is 889 g/mol. The number of nitrogens with zero attached hydrogens (tertiary/aromatic N) is 10. The van der Waals surface area contributed by atoms with E-state index in [0.29, 0.717) is 40.3 Å². The molecule has 17 heteroatoms. The van der Waals surface area contributed by atoms with Crippen LogP contribution in [0.5, 0.6) is 11.5 Å². The van der Waals surface area contributed by atoms with Gasteiger partial charge in [-0.05, 0) is 115 Å². The number of nitrogens with one attached hydrogen (secondary N) is 3. The molecule has 0 spiro atoms. The van der Waals surface area contributed by atoms with Crippen molar-refractivity contribution in [2.24, 2.45) is 0 Å². The van der Waals surface area contributed by atoms with Gasteiger partial charge in [-0.3, -0.25) is 9.97 Å². The third-order valence-electron chi connectivity index (χ3n) is 13.7. The van der Waals surface area contributed by atoms with Crippen LogP contribution in [0.3, 0.4) is 0 Å². The lowest BCUT2D eigenvalue weighted by Crippen LogP contribution is -2.29. The van der Waals surface area contributed by atoms with Crippen molar-refractivity contribution in [3.63, 3.8) is 0 Å². The van der Waals surface area contributed by atoms with Crippen molar-refractivity contribution in [1.29, 1.82) is 0 Å². The summed E-state index contributed by atoms with van der Waals surface area (Å²) < 4.78 is 42.2. The first-order valence-corrected chi connectivity index (χ1v) is 23.8. The molecule has 70 heavy (non-hydrogen) atoms. The fraction of sp³-hybridized carbons (Fsp3) is 0.321. The number of rotatable bonds is 10. The van der Waals surface area contributed by atoms with Gasteiger partial charge in [0.15, 0.2) is 22.9 Å². The summed E-state index contributed by atoms with van der Waals surface area (Å²) in [6.45, 7) is 8.42. The smallest absolute Gasteiger partial charge is 0.228 e. The molecule has 2 atom stereocenters. The van der Waals surface area contributed by atoms with Crippen molar-refractivity contribution < 1.29 is 18.3 Å². The lowest BCUT2D eigenvalue weighted by molar-refractivity contribution is 0.414. The summed E-state index contributed by atoms with van der Waals surface area (Å²) in [7, 11) is 3.39. The molecule has 12 rings (SSSR count). The Labute approximate surface area is 402 Å². The number of H-pyrrole nitrogens is 1. The van der Waals surface area contributed by atoms with Crippen LogP contribution in [0.15, 0.2) is 91.3 Å². The molecule has 0 fully saturated rings. The Morgan fingerprint density at radius 3 is 1.81 bits per heavy atom. The monoisotopic (exact) mass is 941 g/mol. The molecule has 0 radical (unpaired) electrons. The molecule has 3 aliphatic rings. The maximum Gasteiger partial charge on any atom is 0.228 e. The van der Waals surface area contributed by atoms with Crippen LogP contribution >= 0.6 is 0 Å².